The van der Waals surface area contributed by atoms with E-state index in [1.807, 2.05) is 20.9 Å². The predicted molar refractivity (Wildman–Crippen MR) is 65.8 cm³/mol. The van der Waals surface area contributed by atoms with Crippen LogP contribution in [0.1, 0.15) is 24.2 Å². The standard InChI is InChI=1S/C12H18N4O/c1-8-9(2)14-11(6-13-8)15-10-4-5-12(17)16(3)7-10/h6,10H,4-5,7H2,1-3H3,(H,14,15). The number of likely N-dealkylation sites (tertiary alicyclic amines) is 1. The smallest absolute Gasteiger partial charge is 0.222 e. The number of aromatic nitrogens is 2. The lowest BCUT2D eigenvalue weighted by atomic mass is 10.1. The zero-order valence-electron chi connectivity index (χ0n) is 10.5. The zero-order valence-corrected chi connectivity index (χ0v) is 10.5. The maximum absolute atomic E-state index is 11.4. The molecule has 0 saturated carbocycles. The molecule has 0 aromatic carbocycles. The summed E-state index contributed by atoms with van der Waals surface area (Å²) in [6.45, 7) is 4.62. The summed E-state index contributed by atoms with van der Waals surface area (Å²) in [5.41, 5.74) is 1.89. The second kappa shape index (κ2) is 4.69. The van der Waals surface area contributed by atoms with Crippen LogP contribution < -0.4 is 5.32 Å². The summed E-state index contributed by atoms with van der Waals surface area (Å²) in [6.07, 6.45) is 3.21. The molecule has 1 unspecified atom stereocenters. The monoisotopic (exact) mass is 234 g/mol. The van der Waals surface area contributed by atoms with Gasteiger partial charge in [-0.1, -0.05) is 0 Å². The number of carbonyl (C=O) groups excluding carboxylic acids is 1. The van der Waals surface area contributed by atoms with Gasteiger partial charge in [-0.3, -0.25) is 9.78 Å². The van der Waals surface area contributed by atoms with Crippen molar-refractivity contribution >= 4 is 11.7 Å². The van der Waals surface area contributed by atoms with Crippen LogP contribution >= 0.6 is 0 Å². The van der Waals surface area contributed by atoms with Crippen LogP contribution in [0.2, 0.25) is 0 Å². The average molecular weight is 234 g/mol. The molecule has 1 saturated heterocycles. The van der Waals surface area contributed by atoms with E-state index in [4.69, 9.17) is 0 Å². The average Bonchev–Trinajstić information content (AvgIpc) is 2.29. The third kappa shape index (κ3) is 2.72. The van der Waals surface area contributed by atoms with Crippen molar-refractivity contribution in [2.45, 2.75) is 32.7 Å². The van der Waals surface area contributed by atoms with Gasteiger partial charge in [0, 0.05) is 26.1 Å². The Hall–Kier alpha value is -1.65. The van der Waals surface area contributed by atoms with Crippen LogP contribution in [0.5, 0.6) is 0 Å². The normalized spacial score (nSPS) is 20.5. The first kappa shape index (κ1) is 11.8. The molecular weight excluding hydrogens is 216 g/mol. The van der Waals surface area contributed by atoms with Gasteiger partial charge in [0.25, 0.3) is 0 Å². The maximum atomic E-state index is 11.4. The molecule has 0 bridgehead atoms. The van der Waals surface area contributed by atoms with Crippen molar-refractivity contribution in [3.05, 3.63) is 17.6 Å². The fourth-order valence-electron chi connectivity index (χ4n) is 1.95. The van der Waals surface area contributed by atoms with Gasteiger partial charge in [0.05, 0.1) is 17.6 Å². The van der Waals surface area contributed by atoms with E-state index in [1.54, 1.807) is 11.1 Å². The van der Waals surface area contributed by atoms with Gasteiger partial charge in [-0.05, 0) is 20.3 Å². The van der Waals surface area contributed by atoms with Gasteiger partial charge in [0.15, 0.2) is 0 Å². The van der Waals surface area contributed by atoms with Crippen molar-refractivity contribution in [1.82, 2.24) is 14.9 Å². The minimum absolute atomic E-state index is 0.217. The number of aryl methyl sites for hydroxylation is 2. The highest BCUT2D eigenvalue weighted by molar-refractivity contribution is 5.76. The second-order valence-corrected chi connectivity index (χ2v) is 4.58. The van der Waals surface area contributed by atoms with E-state index in [2.05, 4.69) is 15.3 Å². The van der Waals surface area contributed by atoms with E-state index < -0.39 is 0 Å². The maximum Gasteiger partial charge on any atom is 0.222 e. The van der Waals surface area contributed by atoms with Crippen molar-refractivity contribution in [1.29, 1.82) is 0 Å². The van der Waals surface area contributed by atoms with Gasteiger partial charge < -0.3 is 10.2 Å². The van der Waals surface area contributed by atoms with Gasteiger partial charge >= 0.3 is 0 Å². The fourth-order valence-corrected chi connectivity index (χ4v) is 1.95. The van der Waals surface area contributed by atoms with Crippen molar-refractivity contribution in [3.63, 3.8) is 0 Å². The molecule has 2 heterocycles. The highest BCUT2D eigenvalue weighted by Gasteiger charge is 2.22. The number of anilines is 1. The Kier molecular flexibility index (Phi) is 3.26. The molecule has 1 N–H and O–H groups in total. The van der Waals surface area contributed by atoms with Crippen LogP contribution in [-0.4, -0.2) is 40.4 Å². The molecule has 1 fully saturated rings. The second-order valence-electron chi connectivity index (χ2n) is 4.58. The summed E-state index contributed by atoms with van der Waals surface area (Å²) in [7, 11) is 1.84. The van der Waals surface area contributed by atoms with E-state index >= 15 is 0 Å². The van der Waals surface area contributed by atoms with Crippen LogP contribution in [-0.2, 0) is 4.79 Å². The molecule has 1 aliphatic rings. The highest BCUT2D eigenvalue weighted by Crippen LogP contribution is 2.14. The minimum Gasteiger partial charge on any atom is -0.364 e. The van der Waals surface area contributed by atoms with E-state index in [1.165, 1.54) is 0 Å². The molecule has 5 heteroatoms. The Morgan fingerprint density at radius 2 is 2.18 bits per heavy atom. The summed E-state index contributed by atoms with van der Waals surface area (Å²) >= 11 is 0. The molecule has 5 nitrogen and oxygen atoms in total. The molecular formula is C12H18N4O. The molecule has 1 aromatic rings. The molecule has 1 aromatic heterocycles. The molecule has 0 radical (unpaired) electrons. The number of hydrogen-bond acceptors (Lipinski definition) is 4. The number of nitrogens with zero attached hydrogens (tertiary/aromatic N) is 3. The highest BCUT2D eigenvalue weighted by atomic mass is 16.2. The quantitative estimate of drug-likeness (QED) is 0.833. The summed E-state index contributed by atoms with van der Waals surface area (Å²) in [5.74, 6) is 1.01. The topological polar surface area (TPSA) is 58.1 Å². The zero-order chi connectivity index (χ0) is 12.4. The lowest BCUT2D eigenvalue weighted by Gasteiger charge is -2.30. The molecule has 0 aliphatic carbocycles. The van der Waals surface area contributed by atoms with E-state index in [-0.39, 0.29) is 11.9 Å². The largest absolute Gasteiger partial charge is 0.364 e. The number of amides is 1. The Labute approximate surface area is 101 Å². The van der Waals surface area contributed by atoms with Crippen LogP contribution in [0.3, 0.4) is 0 Å². The molecule has 17 heavy (non-hydrogen) atoms. The third-order valence-electron chi connectivity index (χ3n) is 3.17. The summed E-state index contributed by atoms with van der Waals surface area (Å²) in [6, 6.07) is 0.272. The van der Waals surface area contributed by atoms with Crippen molar-refractivity contribution in [3.8, 4) is 0 Å². The van der Waals surface area contributed by atoms with E-state index in [9.17, 15) is 4.79 Å². The number of likely N-dealkylation sites (N-methyl/N-ethyl adjacent to an activating group) is 1. The molecule has 1 amide bonds. The Bertz CT molecular complexity index is 433. The van der Waals surface area contributed by atoms with Crippen LogP contribution in [0.25, 0.3) is 0 Å². The van der Waals surface area contributed by atoms with Gasteiger partial charge in [0.2, 0.25) is 5.91 Å². The first-order valence-electron chi connectivity index (χ1n) is 5.87. The fraction of sp³-hybridized carbons (Fsp3) is 0.583. The van der Waals surface area contributed by atoms with Gasteiger partial charge in [-0.2, -0.15) is 0 Å². The van der Waals surface area contributed by atoms with Crippen molar-refractivity contribution in [2.24, 2.45) is 0 Å². The Morgan fingerprint density at radius 3 is 2.82 bits per heavy atom. The number of nitrogens with one attached hydrogen (secondary N) is 1. The number of hydrogen-bond donors (Lipinski definition) is 1. The Morgan fingerprint density at radius 1 is 1.41 bits per heavy atom. The molecule has 0 spiro atoms. The third-order valence-corrected chi connectivity index (χ3v) is 3.17. The van der Waals surface area contributed by atoms with E-state index in [0.29, 0.717) is 6.42 Å². The van der Waals surface area contributed by atoms with Gasteiger partial charge in [-0.25, -0.2) is 4.98 Å². The van der Waals surface area contributed by atoms with Crippen LogP contribution in [0.15, 0.2) is 6.20 Å². The first-order chi connectivity index (χ1) is 8.06. The van der Waals surface area contributed by atoms with Crippen LogP contribution in [0.4, 0.5) is 5.82 Å². The number of carbonyl (C=O) groups is 1. The van der Waals surface area contributed by atoms with Crippen molar-refractivity contribution in [2.75, 3.05) is 18.9 Å². The van der Waals surface area contributed by atoms with Crippen LogP contribution in [0, 0.1) is 13.8 Å². The Balaban J connectivity index is 2.01. The molecule has 1 aliphatic heterocycles. The van der Waals surface area contributed by atoms with E-state index in [0.717, 1.165) is 30.2 Å². The first-order valence-corrected chi connectivity index (χ1v) is 5.87. The van der Waals surface area contributed by atoms with Gasteiger partial charge in [0.1, 0.15) is 5.82 Å². The lowest BCUT2D eigenvalue weighted by molar-refractivity contribution is -0.132. The molecule has 1 atom stereocenters. The molecule has 92 valence electrons. The number of piperidine rings is 1. The SMILES string of the molecule is Cc1ncc(NC2CCC(=O)N(C)C2)nc1C. The minimum atomic E-state index is 0.217. The summed E-state index contributed by atoms with van der Waals surface area (Å²) in [4.78, 5) is 21.8. The summed E-state index contributed by atoms with van der Waals surface area (Å²) < 4.78 is 0. The van der Waals surface area contributed by atoms with Gasteiger partial charge in [-0.15, -0.1) is 0 Å². The lowest BCUT2D eigenvalue weighted by Crippen LogP contribution is -2.43. The number of rotatable bonds is 2. The molecule has 2 rings (SSSR count). The predicted octanol–water partition coefficient (Wildman–Crippen LogP) is 1.13. The van der Waals surface area contributed by atoms with Crippen molar-refractivity contribution < 1.29 is 4.79 Å². The summed E-state index contributed by atoms with van der Waals surface area (Å²) in [5, 5.41) is 3.33.